The first kappa shape index (κ1) is 21.7. The summed E-state index contributed by atoms with van der Waals surface area (Å²) < 4.78 is 21.8. The average molecular weight is 420 g/mol. The van der Waals surface area contributed by atoms with E-state index in [1.54, 1.807) is 56.7 Å². The second-order valence-corrected chi connectivity index (χ2v) is 6.41. The first-order chi connectivity index (χ1) is 15.2. The van der Waals surface area contributed by atoms with Gasteiger partial charge in [0.05, 0.1) is 20.4 Å². The molecule has 3 aromatic carbocycles. The molecule has 160 valence electrons. The molecule has 0 aliphatic rings. The maximum absolute atomic E-state index is 12.0. The molecule has 7 heteroatoms. The molecule has 31 heavy (non-hydrogen) atoms. The number of nitrogens with zero attached hydrogens (tertiary/aromatic N) is 1. The normalized spacial score (nSPS) is 10.5. The Morgan fingerprint density at radius 2 is 1.58 bits per heavy atom. The van der Waals surface area contributed by atoms with Gasteiger partial charge in [0.1, 0.15) is 18.1 Å². The van der Waals surface area contributed by atoms with E-state index in [0.717, 1.165) is 11.3 Å². The van der Waals surface area contributed by atoms with Gasteiger partial charge in [0, 0.05) is 5.56 Å². The number of carbonyl (C=O) groups is 1. The second kappa shape index (κ2) is 11.3. The Morgan fingerprint density at radius 3 is 2.26 bits per heavy atom. The van der Waals surface area contributed by atoms with Crippen molar-refractivity contribution in [2.75, 3.05) is 20.8 Å². The summed E-state index contributed by atoms with van der Waals surface area (Å²) in [5.41, 5.74) is 4.19. The van der Waals surface area contributed by atoms with Crippen LogP contribution in [-0.2, 0) is 11.4 Å². The number of ether oxygens (including phenoxy) is 4. The minimum Gasteiger partial charge on any atom is -0.493 e. The van der Waals surface area contributed by atoms with Crippen molar-refractivity contribution in [1.29, 1.82) is 0 Å². The minimum atomic E-state index is -0.387. The lowest BCUT2D eigenvalue weighted by atomic mass is 10.2. The van der Waals surface area contributed by atoms with Crippen LogP contribution in [-0.4, -0.2) is 32.9 Å². The van der Waals surface area contributed by atoms with Gasteiger partial charge in [-0.1, -0.05) is 36.4 Å². The zero-order valence-corrected chi connectivity index (χ0v) is 17.4. The number of benzene rings is 3. The molecule has 1 N–H and O–H groups in total. The number of carbonyl (C=O) groups excluding carboxylic acids is 1. The molecular formula is C24H24N2O5. The quantitative estimate of drug-likeness (QED) is 0.399. The van der Waals surface area contributed by atoms with Crippen molar-refractivity contribution in [1.82, 2.24) is 5.43 Å². The molecule has 0 saturated carbocycles. The van der Waals surface area contributed by atoms with Gasteiger partial charge in [0.25, 0.3) is 5.91 Å². The summed E-state index contributed by atoms with van der Waals surface area (Å²) >= 11 is 0. The van der Waals surface area contributed by atoms with Gasteiger partial charge >= 0.3 is 0 Å². The molecule has 3 rings (SSSR count). The largest absolute Gasteiger partial charge is 0.493 e. The third-order valence-corrected chi connectivity index (χ3v) is 4.27. The molecule has 0 aromatic heterocycles. The number of methoxy groups -OCH3 is 2. The summed E-state index contributed by atoms with van der Waals surface area (Å²) in [6.45, 7) is 0.316. The van der Waals surface area contributed by atoms with Gasteiger partial charge in [-0.2, -0.15) is 5.10 Å². The van der Waals surface area contributed by atoms with E-state index in [2.05, 4.69) is 10.5 Å². The maximum atomic E-state index is 12.0. The standard InChI is InChI=1S/C24H24N2O5/c1-28-22-10-6-9-19(24(22)29-2)15-25-26-23(27)17-31-21-13-11-20(12-14-21)30-16-18-7-4-3-5-8-18/h3-15H,16-17H2,1-2H3,(H,26,27). The van der Waals surface area contributed by atoms with Crippen LogP contribution in [0.3, 0.4) is 0 Å². The van der Waals surface area contributed by atoms with Gasteiger partial charge in [0.15, 0.2) is 18.1 Å². The van der Waals surface area contributed by atoms with Crippen LogP contribution < -0.4 is 24.4 Å². The maximum Gasteiger partial charge on any atom is 0.277 e. The highest BCUT2D eigenvalue weighted by Gasteiger charge is 2.08. The molecule has 0 fully saturated rings. The van der Waals surface area contributed by atoms with Crippen LogP contribution in [0, 0.1) is 0 Å². The number of para-hydroxylation sites is 1. The van der Waals surface area contributed by atoms with Crippen molar-refractivity contribution in [2.24, 2.45) is 5.10 Å². The summed E-state index contributed by atoms with van der Waals surface area (Å²) in [5, 5.41) is 3.94. The van der Waals surface area contributed by atoms with Gasteiger partial charge in [-0.3, -0.25) is 4.79 Å². The fraction of sp³-hybridized carbons (Fsp3) is 0.167. The van der Waals surface area contributed by atoms with Crippen molar-refractivity contribution in [3.05, 3.63) is 83.9 Å². The molecule has 0 aliphatic carbocycles. The van der Waals surface area contributed by atoms with Crippen LogP contribution in [0.5, 0.6) is 23.0 Å². The molecule has 1 amide bonds. The molecule has 0 spiro atoms. The lowest BCUT2D eigenvalue weighted by Gasteiger charge is -2.09. The Bertz CT molecular complexity index is 1000. The summed E-state index contributed by atoms with van der Waals surface area (Å²) in [4.78, 5) is 12.0. The Balaban J connectivity index is 1.45. The van der Waals surface area contributed by atoms with E-state index < -0.39 is 0 Å². The van der Waals surface area contributed by atoms with Crippen LogP contribution in [0.25, 0.3) is 0 Å². The first-order valence-corrected chi connectivity index (χ1v) is 9.62. The summed E-state index contributed by atoms with van der Waals surface area (Å²) in [6.07, 6.45) is 1.48. The van der Waals surface area contributed by atoms with Crippen LogP contribution in [0.15, 0.2) is 77.9 Å². The molecule has 3 aromatic rings. The zero-order chi connectivity index (χ0) is 21.9. The van der Waals surface area contributed by atoms with Gasteiger partial charge in [-0.15, -0.1) is 0 Å². The Kier molecular flexibility index (Phi) is 7.88. The third kappa shape index (κ3) is 6.50. The Morgan fingerprint density at radius 1 is 0.871 bits per heavy atom. The fourth-order valence-corrected chi connectivity index (χ4v) is 2.74. The van der Waals surface area contributed by atoms with Crippen molar-refractivity contribution in [3.63, 3.8) is 0 Å². The SMILES string of the molecule is COc1cccc(C=NNC(=O)COc2ccc(OCc3ccccc3)cc2)c1OC. The number of hydrazone groups is 1. The second-order valence-electron chi connectivity index (χ2n) is 6.41. The predicted molar refractivity (Wildman–Crippen MR) is 118 cm³/mol. The highest BCUT2D eigenvalue weighted by Crippen LogP contribution is 2.29. The molecule has 0 saturated heterocycles. The monoisotopic (exact) mass is 420 g/mol. The fourth-order valence-electron chi connectivity index (χ4n) is 2.74. The highest BCUT2D eigenvalue weighted by atomic mass is 16.5. The third-order valence-electron chi connectivity index (χ3n) is 4.27. The summed E-state index contributed by atoms with van der Waals surface area (Å²) in [7, 11) is 3.10. The number of hydrogen-bond acceptors (Lipinski definition) is 6. The molecular weight excluding hydrogens is 396 g/mol. The van der Waals surface area contributed by atoms with Crippen LogP contribution >= 0.6 is 0 Å². The van der Waals surface area contributed by atoms with E-state index in [4.69, 9.17) is 18.9 Å². The molecule has 7 nitrogen and oxygen atoms in total. The van der Waals surface area contributed by atoms with Crippen LogP contribution in [0.2, 0.25) is 0 Å². The Labute approximate surface area is 181 Å². The molecule has 0 heterocycles. The number of amides is 1. The van der Waals surface area contributed by atoms with Crippen molar-refractivity contribution in [2.45, 2.75) is 6.61 Å². The molecule has 0 radical (unpaired) electrons. The van der Waals surface area contributed by atoms with Crippen LogP contribution in [0.4, 0.5) is 0 Å². The van der Waals surface area contributed by atoms with E-state index in [9.17, 15) is 4.79 Å². The van der Waals surface area contributed by atoms with Crippen molar-refractivity contribution >= 4 is 12.1 Å². The van der Waals surface area contributed by atoms with Gasteiger partial charge in [0.2, 0.25) is 0 Å². The lowest BCUT2D eigenvalue weighted by molar-refractivity contribution is -0.123. The minimum absolute atomic E-state index is 0.170. The Hall–Kier alpha value is -4.00. The zero-order valence-electron chi connectivity index (χ0n) is 17.4. The average Bonchev–Trinajstić information content (AvgIpc) is 2.82. The van der Waals surface area contributed by atoms with Crippen LogP contribution in [0.1, 0.15) is 11.1 Å². The lowest BCUT2D eigenvalue weighted by Crippen LogP contribution is -2.24. The molecule has 0 aliphatic heterocycles. The van der Waals surface area contributed by atoms with E-state index in [1.165, 1.54) is 6.21 Å². The van der Waals surface area contributed by atoms with Gasteiger partial charge in [-0.05, 0) is 42.0 Å². The smallest absolute Gasteiger partial charge is 0.277 e. The first-order valence-electron chi connectivity index (χ1n) is 9.62. The van der Waals surface area contributed by atoms with Gasteiger partial charge < -0.3 is 18.9 Å². The number of hydrogen-bond donors (Lipinski definition) is 1. The number of rotatable bonds is 10. The molecule has 0 bridgehead atoms. The van der Waals surface area contributed by atoms with Crippen molar-refractivity contribution < 1.29 is 23.7 Å². The molecule has 0 atom stereocenters. The molecule has 0 unspecified atom stereocenters. The predicted octanol–water partition coefficient (Wildman–Crippen LogP) is 3.81. The number of nitrogens with one attached hydrogen (secondary N) is 1. The van der Waals surface area contributed by atoms with Gasteiger partial charge in [-0.25, -0.2) is 5.43 Å². The topological polar surface area (TPSA) is 78.4 Å². The van der Waals surface area contributed by atoms with E-state index >= 15 is 0 Å². The van der Waals surface area contributed by atoms with Crippen molar-refractivity contribution in [3.8, 4) is 23.0 Å². The van der Waals surface area contributed by atoms with E-state index in [0.29, 0.717) is 29.4 Å². The summed E-state index contributed by atoms with van der Waals surface area (Å²) in [5.74, 6) is 2.01. The highest BCUT2D eigenvalue weighted by molar-refractivity contribution is 5.86. The summed E-state index contributed by atoms with van der Waals surface area (Å²) in [6, 6.07) is 22.4. The van der Waals surface area contributed by atoms with E-state index in [1.807, 2.05) is 30.3 Å². The van der Waals surface area contributed by atoms with E-state index in [-0.39, 0.29) is 12.5 Å².